The van der Waals surface area contributed by atoms with E-state index in [1.54, 1.807) is 43.3 Å². The molecule has 1 aliphatic rings. The van der Waals surface area contributed by atoms with Crippen LogP contribution >= 0.6 is 15.9 Å². The summed E-state index contributed by atoms with van der Waals surface area (Å²) in [4.78, 5) is 24.3. The first kappa shape index (κ1) is 23.3. The SMILES string of the molecule is C=CCOc1cc(Br)c(/C=C2/C(=O)N(c3ccc(NC(C)=O)cc3)N=C2C)cc1OCC. The third-order valence-electron chi connectivity index (χ3n) is 4.51. The summed E-state index contributed by atoms with van der Waals surface area (Å²) in [5, 5.41) is 8.46. The minimum atomic E-state index is -0.244. The minimum absolute atomic E-state index is 0.160. The smallest absolute Gasteiger partial charge is 0.280 e. The molecule has 2 aromatic carbocycles. The molecule has 0 atom stereocenters. The zero-order valence-electron chi connectivity index (χ0n) is 18.1. The number of hydrogen-bond donors (Lipinski definition) is 1. The molecule has 0 aromatic heterocycles. The summed E-state index contributed by atoms with van der Waals surface area (Å²) in [6.07, 6.45) is 3.44. The minimum Gasteiger partial charge on any atom is -0.490 e. The maximum Gasteiger partial charge on any atom is 0.280 e. The van der Waals surface area contributed by atoms with Gasteiger partial charge in [0.15, 0.2) is 11.5 Å². The van der Waals surface area contributed by atoms with Gasteiger partial charge in [-0.25, -0.2) is 0 Å². The standard InChI is InChI=1S/C24H24BrN3O4/c1-5-11-32-23-14-21(25)17(13-22(23)31-6-2)12-20-15(3)27-28(24(20)30)19-9-7-18(8-10-19)26-16(4)29/h5,7-10,12-14H,1,6,11H2,2-4H3,(H,26,29)/b20-12+. The van der Waals surface area contributed by atoms with Gasteiger partial charge in [-0.15, -0.1) is 0 Å². The van der Waals surface area contributed by atoms with E-state index in [-0.39, 0.29) is 11.8 Å². The van der Waals surface area contributed by atoms with E-state index in [0.717, 1.165) is 10.0 Å². The van der Waals surface area contributed by atoms with Gasteiger partial charge in [-0.05, 0) is 61.9 Å². The van der Waals surface area contributed by atoms with Crippen LogP contribution in [0.1, 0.15) is 26.3 Å². The van der Waals surface area contributed by atoms with Crippen LogP contribution in [-0.4, -0.2) is 30.7 Å². The highest BCUT2D eigenvalue weighted by Gasteiger charge is 2.29. The average Bonchev–Trinajstić information content (AvgIpc) is 3.03. The number of amides is 2. The van der Waals surface area contributed by atoms with Gasteiger partial charge in [0.25, 0.3) is 5.91 Å². The molecule has 166 valence electrons. The van der Waals surface area contributed by atoms with Gasteiger partial charge in [0.05, 0.1) is 23.6 Å². The average molecular weight is 498 g/mol. The predicted octanol–water partition coefficient (Wildman–Crippen LogP) is 5.18. The molecule has 2 amide bonds. The van der Waals surface area contributed by atoms with Crippen LogP contribution in [0.15, 0.2) is 64.2 Å². The van der Waals surface area contributed by atoms with Crippen molar-refractivity contribution in [3.63, 3.8) is 0 Å². The fraction of sp³-hybridized carbons (Fsp3) is 0.208. The van der Waals surface area contributed by atoms with Crippen LogP contribution in [0.3, 0.4) is 0 Å². The van der Waals surface area contributed by atoms with Gasteiger partial charge in [0.2, 0.25) is 5.91 Å². The summed E-state index contributed by atoms with van der Waals surface area (Å²) in [6.45, 7) is 9.61. The normalized spacial score (nSPS) is 14.4. The first-order valence-corrected chi connectivity index (χ1v) is 10.8. The number of carbonyl (C=O) groups excluding carboxylic acids is 2. The maximum absolute atomic E-state index is 13.1. The lowest BCUT2D eigenvalue weighted by Gasteiger charge is -2.14. The highest BCUT2D eigenvalue weighted by Crippen LogP contribution is 2.36. The van der Waals surface area contributed by atoms with E-state index < -0.39 is 0 Å². The summed E-state index contributed by atoms with van der Waals surface area (Å²) in [5.74, 6) is 0.762. The molecule has 0 saturated carbocycles. The van der Waals surface area contributed by atoms with Gasteiger partial charge < -0.3 is 14.8 Å². The lowest BCUT2D eigenvalue weighted by Crippen LogP contribution is -2.21. The van der Waals surface area contributed by atoms with Gasteiger partial charge in [0, 0.05) is 17.1 Å². The van der Waals surface area contributed by atoms with Gasteiger partial charge in [-0.3, -0.25) is 9.59 Å². The molecule has 0 saturated heterocycles. The van der Waals surface area contributed by atoms with Gasteiger partial charge in [0.1, 0.15) is 6.61 Å². The Labute approximate surface area is 195 Å². The van der Waals surface area contributed by atoms with Crippen LogP contribution in [-0.2, 0) is 9.59 Å². The van der Waals surface area contributed by atoms with Crippen LogP contribution in [0, 0.1) is 0 Å². The number of rotatable bonds is 8. The number of hydrogen-bond acceptors (Lipinski definition) is 5. The summed E-state index contributed by atoms with van der Waals surface area (Å²) in [6, 6.07) is 10.6. The summed E-state index contributed by atoms with van der Waals surface area (Å²) < 4.78 is 12.1. The molecule has 0 spiro atoms. The Bertz CT molecular complexity index is 1110. The zero-order chi connectivity index (χ0) is 23.3. The van der Waals surface area contributed by atoms with Gasteiger partial charge in [-0.2, -0.15) is 10.1 Å². The number of carbonyl (C=O) groups is 2. The van der Waals surface area contributed by atoms with Crippen molar-refractivity contribution < 1.29 is 19.1 Å². The van der Waals surface area contributed by atoms with Crippen molar-refractivity contribution >= 4 is 50.9 Å². The molecule has 1 aliphatic heterocycles. The van der Waals surface area contributed by atoms with Crippen LogP contribution in [0.25, 0.3) is 6.08 Å². The van der Waals surface area contributed by atoms with Crippen molar-refractivity contribution in [1.82, 2.24) is 0 Å². The molecule has 2 aromatic rings. The third-order valence-corrected chi connectivity index (χ3v) is 5.20. The van der Waals surface area contributed by atoms with Crippen molar-refractivity contribution in [3.8, 4) is 11.5 Å². The molecule has 8 heteroatoms. The van der Waals surface area contributed by atoms with Crippen molar-refractivity contribution in [2.75, 3.05) is 23.5 Å². The highest BCUT2D eigenvalue weighted by molar-refractivity contribution is 9.10. The Morgan fingerprint density at radius 2 is 1.91 bits per heavy atom. The predicted molar refractivity (Wildman–Crippen MR) is 130 cm³/mol. The molecule has 0 aliphatic carbocycles. The van der Waals surface area contributed by atoms with Crippen molar-refractivity contribution in [2.24, 2.45) is 5.10 Å². The largest absolute Gasteiger partial charge is 0.490 e. The zero-order valence-corrected chi connectivity index (χ0v) is 19.7. The number of benzene rings is 2. The van der Waals surface area contributed by atoms with Crippen LogP contribution in [0.4, 0.5) is 11.4 Å². The van der Waals surface area contributed by atoms with E-state index in [1.807, 2.05) is 19.1 Å². The molecule has 0 radical (unpaired) electrons. The molecule has 7 nitrogen and oxygen atoms in total. The van der Waals surface area contributed by atoms with Crippen LogP contribution in [0.2, 0.25) is 0 Å². The maximum atomic E-state index is 13.1. The third kappa shape index (κ3) is 5.26. The molecular formula is C24H24BrN3O4. The Morgan fingerprint density at radius 1 is 1.22 bits per heavy atom. The molecular weight excluding hydrogens is 474 g/mol. The molecule has 0 bridgehead atoms. The highest BCUT2D eigenvalue weighted by atomic mass is 79.9. The Balaban J connectivity index is 1.90. The van der Waals surface area contributed by atoms with E-state index in [4.69, 9.17) is 9.47 Å². The molecule has 1 N–H and O–H groups in total. The fourth-order valence-corrected chi connectivity index (χ4v) is 3.53. The van der Waals surface area contributed by atoms with Crippen LogP contribution in [0.5, 0.6) is 11.5 Å². The topological polar surface area (TPSA) is 80.2 Å². The fourth-order valence-electron chi connectivity index (χ4n) is 3.10. The van der Waals surface area contributed by atoms with Crippen molar-refractivity contribution in [1.29, 1.82) is 0 Å². The molecule has 3 rings (SSSR count). The second kappa shape index (κ2) is 10.3. The lowest BCUT2D eigenvalue weighted by atomic mass is 10.1. The molecule has 1 heterocycles. The Morgan fingerprint density at radius 3 is 2.53 bits per heavy atom. The van der Waals surface area contributed by atoms with E-state index in [1.165, 1.54) is 11.9 Å². The molecule has 32 heavy (non-hydrogen) atoms. The van der Waals surface area contributed by atoms with Crippen LogP contribution < -0.4 is 19.8 Å². The quantitative estimate of drug-likeness (QED) is 0.402. The number of hydrazone groups is 1. The van der Waals surface area contributed by atoms with E-state index >= 15 is 0 Å². The first-order valence-electron chi connectivity index (χ1n) is 10.0. The second-order valence-corrected chi connectivity index (χ2v) is 7.80. The Kier molecular flexibility index (Phi) is 7.48. The van der Waals surface area contributed by atoms with Gasteiger partial charge >= 0.3 is 0 Å². The van der Waals surface area contributed by atoms with Crippen molar-refractivity contribution in [2.45, 2.75) is 20.8 Å². The number of anilines is 2. The molecule has 0 fully saturated rings. The van der Waals surface area contributed by atoms with E-state index in [9.17, 15) is 9.59 Å². The van der Waals surface area contributed by atoms with Gasteiger partial charge in [-0.1, -0.05) is 28.6 Å². The number of nitrogens with one attached hydrogen (secondary N) is 1. The Hall–Kier alpha value is -3.39. The van der Waals surface area contributed by atoms with E-state index in [2.05, 4.69) is 32.9 Å². The second-order valence-electron chi connectivity index (χ2n) is 6.94. The number of nitrogens with zero attached hydrogens (tertiary/aromatic N) is 2. The number of halogens is 1. The summed E-state index contributed by atoms with van der Waals surface area (Å²) in [7, 11) is 0. The number of ether oxygens (including phenoxy) is 2. The monoisotopic (exact) mass is 497 g/mol. The summed E-state index contributed by atoms with van der Waals surface area (Å²) in [5.41, 5.74) is 3.08. The lowest BCUT2D eigenvalue weighted by molar-refractivity contribution is -0.115. The first-order chi connectivity index (χ1) is 15.3. The molecule has 0 unspecified atom stereocenters. The van der Waals surface area contributed by atoms with Crippen molar-refractivity contribution in [3.05, 3.63) is 64.7 Å². The summed E-state index contributed by atoms with van der Waals surface area (Å²) >= 11 is 3.55. The van der Waals surface area contributed by atoms with E-state index in [0.29, 0.717) is 47.4 Å².